The summed E-state index contributed by atoms with van der Waals surface area (Å²) in [5.41, 5.74) is 0. The van der Waals surface area contributed by atoms with Gasteiger partial charge in [-0.05, 0) is 33.6 Å². The molecule has 3 nitrogen and oxygen atoms in total. The third-order valence-corrected chi connectivity index (χ3v) is 4.04. The predicted molar refractivity (Wildman–Crippen MR) is 94.5 cm³/mol. The van der Waals surface area contributed by atoms with Crippen LogP contribution in [-0.4, -0.2) is 32.0 Å². The van der Waals surface area contributed by atoms with Crippen molar-refractivity contribution in [3.05, 3.63) is 0 Å². The minimum absolute atomic E-state index is 0.262. The second-order valence-corrected chi connectivity index (χ2v) is 6.28. The van der Waals surface area contributed by atoms with Gasteiger partial charge in [-0.15, -0.1) is 0 Å². The standard InChI is InChI=1S/C19H37F3O3/c1-4-23-19(24-5-2,25-6-3)17-15-13-11-9-7-8-10-12-14-16-18(20,21)22/h4-17H2,1-3H3. The highest BCUT2D eigenvalue weighted by Gasteiger charge is 2.31. The molecule has 152 valence electrons. The van der Waals surface area contributed by atoms with E-state index in [1.165, 1.54) is 0 Å². The van der Waals surface area contributed by atoms with Gasteiger partial charge in [0.15, 0.2) is 0 Å². The molecule has 0 radical (unpaired) electrons. The van der Waals surface area contributed by atoms with Gasteiger partial charge < -0.3 is 14.2 Å². The number of ether oxygens (including phenoxy) is 3. The van der Waals surface area contributed by atoms with Crippen LogP contribution in [-0.2, 0) is 14.2 Å². The van der Waals surface area contributed by atoms with Gasteiger partial charge in [0.05, 0.1) is 0 Å². The monoisotopic (exact) mass is 370 g/mol. The van der Waals surface area contributed by atoms with E-state index in [2.05, 4.69) is 0 Å². The van der Waals surface area contributed by atoms with Gasteiger partial charge in [0, 0.05) is 32.7 Å². The molecule has 0 aromatic heterocycles. The van der Waals surface area contributed by atoms with E-state index in [0.29, 0.717) is 26.2 Å². The molecule has 0 atom stereocenters. The van der Waals surface area contributed by atoms with Crippen molar-refractivity contribution in [2.45, 2.75) is 104 Å². The molecule has 0 aliphatic heterocycles. The van der Waals surface area contributed by atoms with E-state index in [4.69, 9.17) is 14.2 Å². The summed E-state index contributed by atoms with van der Waals surface area (Å²) < 4.78 is 53.1. The summed E-state index contributed by atoms with van der Waals surface area (Å²) in [6, 6.07) is 0. The number of alkyl halides is 3. The van der Waals surface area contributed by atoms with E-state index in [1.54, 1.807) is 0 Å². The molecule has 0 unspecified atom stereocenters. The predicted octanol–water partition coefficient (Wildman–Crippen LogP) is 6.60. The van der Waals surface area contributed by atoms with E-state index in [1.807, 2.05) is 20.8 Å². The van der Waals surface area contributed by atoms with E-state index in [-0.39, 0.29) is 6.42 Å². The Kier molecular flexibility index (Phi) is 14.6. The molecular formula is C19H37F3O3. The van der Waals surface area contributed by atoms with Crippen LogP contribution < -0.4 is 0 Å². The normalized spacial score (nSPS) is 12.7. The van der Waals surface area contributed by atoms with Crippen molar-refractivity contribution in [1.29, 1.82) is 0 Å². The fourth-order valence-corrected chi connectivity index (χ4v) is 2.91. The molecule has 6 heteroatoms. The van der Waals surface area contributed by atoms with Crippen LogP contribution in [0.5, 0.6) is 0 Å². The fourth-order valence-electron chi connectivity index (χ4n) is 2.91. The van der Waals surface area contributed by atoms with Crippen LogP contribution in [0.2, 0.25) is 0 Å². The van der Waals surface area contributed by atoms with Crippen LogP contribution in [0, 0.1) is 0 Å². The zero-order valence-electron chi connectivity index (χ0n) is 16.3. The van der Waals surface area contributed by atoms with Gasteiger partial charge in [-0.25, -0.2) is 0 Å². The molecule has 0 fully saturated rings. The minimum Gasteiger partial charge on any atom is -0.328 e. The Bertz CT molecular complexity index is 279. The van der Waals surface area contributed by atoms with Crippen molar-refractivity contribution in [3.63, 3.8) is 0 Å². The third kappa shape index (κ3) is 14.5. The van der Waals surface area contributed by atoms with Crippen LogP contribution in [0.15, 0.2) is 0 Å². The molecule has 0 saturated carbocycles. The Morgan fingerprint density at radius 1 is 0.520 bits per heavy atom. The first kappa shape index (κ1) is 24.7. The number of hydrogen-bond donors (Lipinski definition) is 0. The van der Waals surface area contributed by atoms with Gasteiger partial charge in [-0.2, -0.15) is 13.2 Å². The second-order valence-electron chi connectivity index (χ2n) is 6.28. The lowest BCUT2D eigenvalue weighted by Crippen LogP contribution is -2.39. The maximum Gasteiger partial charge on any atom is 0.389 e. The Balaban J connectivity index is 3.66. The average Bonchev–Trinajstić information content (AvgIpc) is 2.52. The van der Waals surface area contributed by atoms with Crippen LogP contribution in [0.3, 0.4) is 0 Å². The molecule has 0 rings (SSSR count). The summed E-state index contributed by atoms with van der Waals surface area (Å²) in [5.74, 6) is -0.906. The molecule has 0 bridgehead atoms. The lowest BCUT2D eigenvalue weighted by molar-refractivity contribution is -0.380. The van der Waals surface area contributed by atoms with E-state index in [0.717, 1.165) is 51.4 Å². The molecule has 0 aromatic carbocycles. The molecule has 0 N–H and O–H groups in total. The van der Waals surface area contributed by atoms with Gasteiger partial charge in [-0.3, -0.25) is 0 Å². The van der Waals surface area contributed by atoms with Crippen LogP contribution in [0.1, 0.15) is 91.4 Å². The molecule has 0 heterocycles. The Morgan fingerprint density at radius 3 is 1.16 bits per heavy atom. The first-order chi connectivity index (χ1) is 11.9. The summed E-state index contributed by atoms with van der Waals surface area (Å²) in [5, 5.41) is 0. The SMILES string of the molecule is CCOC(CCCCCCCCCCCC(F)(F)F)(OCC)OCC. The lowest BCUT2D eigenvalue weighted by Gasteiger charge is -2.32. The van der Waals surface area contributed by atoms with Crippen molar-refractivity contribution in [1.82, 2.24) is 0 Å². The smallest absolute Gasteiger partial charge is 0.328 e. The van der Waals surface area contributed by atoms with Crippen molar-refractivity contribution in [3.8, 4) is 0 Å². The zero-order valence-corrected chi connectivity index (χ0v) is 16.3. The van der Waals surface area contributed by atoms with Gasteiger partial charge >= 0.3 is 6.18 Å². The largest absolute Gasteiger partial charge is 0.389 e. The first-order valence-electron chi connectivity index (χ1n) is 9.87. The van der Waals surface area contributed by atoms with Crippen molar-refractivity contribution >= 4 is 0 Å². The summed E-state index contributed by atoms with van der Waals surface area (Å²) in [6.07, 6.45) is 4.36. The Hall–Kier alpha value is -0.330. The topological polar surface area (TPSA) is 27.7 Å². The van der Waals surface area contributed by atoms with Crippen molar-refractivity contribution in [2.75, 3.05) is 19.8 Å². The van der Waals surface area contributed by atoms with Gasteiger partial charge in [0.1, 0.15) is 0 Å². The maximum absolute atomic E-state index is 12.0. The van der Waals surface area contributed by atoms with Crippen molar-refractivity contribution < 1.29 is 27.4 Å². The maximum atomic E-state index is 12.0. The van der Waals surface area contributed by atoms with E-state index in [9.17, 15) is 13.2 Å². The highest BCUT2D eigenvalue weighted by molar-refractivity contribution is 4.59. The summed E-state index contributed by atoms with van der Waals surface area (Å²) in [4.78, 5) is 0. The van der Waals surface area contributed by atoms with E-state index >= 15 is 0 Å². The summed E-state index contributed by atoms with van der Waals surface area (Å²) in [7, 11) is 0. The highest BCUT2D eigenvalue weighted by Crippen LogP contribution is 2.25. The average molecular weight is 370 g/mol. The number of halogens is 3. The zero-order chi connectivity index (χ0) is 19.0. The minimum atomic E-state index is -4.00. The van der Waals surface area contributed by atoms with Crippen LogP contribution >= 0.6 is 0 Å². The van der Waals surface area contributed by atoms with E-state index < -0.39 is 18.6 Å². The fraction of sp³-hybridized carbons (Fsp3) is 1.00. The lowest BCUT2D eigenvalue weighted by atomic mass is 10.1. The van der Waals surface area contributed by atoms with Crippen LogP contribution in [0.4, 0.5) is 13.2 Å². The third-order valence-electron chi connectivity index (χ3n) is 4.04. The number of hydrogen-bond acceptors (Lipinski definition) is 3. The first-order valence-corrected chi connectivity index (χ1v) is 9.87. The van der Waals surface area contributed by atoms with Gasteiger partial charge in [0.2, 0.25) is 0 Å². The molecular weight excluding hydrogens is 333 g/mol. The second kappa shape index (κ2) is 14.8. The number of rotatable bonds is 17. The molecule has 25 heavy (non-hydrogen) atoms. The highest BCUT2D eigenvalue weighted by atomic mass is 19.4. The molecule has 0 aliphatic carbocycles. The molecule has 0 spiro atoms. The van der Waals surface area contributed by atoms with Crippen LogP contribution in [0.25, 0.3) is 0 Å². The quantitative estimate of drug-likeness (QED) is 0.213. The van der Waals surface area contributed by atoms with Gasteiger partial charge in [-0.1, -0.05) is 44.9 Å². The molecule has 0 aromatic rings. The summed E-state index contributed by atoms with van der Waals surface area (Å²) in [6.45, 7) is 7.45. The van der Waals surface area contributed by atoms with Crippen molar-refractivity contribution in [2.24, 2.45) is 0 Å². The van der Waals surface area contributed by atoms with Gasteiger partial charge in [0.25, 0.3) is 5.97 Å². The molecule has 0 amide bonds. The summed E-state index contributed by atoms with van der Waals surface area (Å²) >= 11 is 0. The molecule has 0 aliphatic rings. The Labute approximate surface area is 151 Å². The molecule has 0 saturated heterocycles. The number of unbranched alkanes of at least 4 members (excludes halogenated alkanes) is 8. The Morgan fingerprint density at radius 2 is 0.840 bits per heavy atom.